The van der Waals surface area contributed by atoms with Gasteiger partial charge in [0.2, 0.25) is 0 Å². The normalized spacial score (nSPS) is 27.1. The zero-order valence-corrected chi connectivity index (χ0v) is 10.6. The van der Waals surface area contributed by atoms with E-state index in [-0.39, 0.29) is 18.0 Å². The second-order valence-electron chi connectivity index (χ2n) is 5.22. The van der Waals surface area contributed by atoms with E-state index in [9.17, 15) is 9.59 Å². The highest BCUT2D eigenvalue weighted by Crippen LogP contribution is 2.39. The minimum absolute atomic E-state index is 0.0950. The van der Waals surface area contributed by atoms with Gasteiger partial charge in [0.05, 0.1) is 12.2 Å². The van der Waals surface area contributed by atoms with Crippen LogP contribution in [-0.4, -0.2) is 36.5 Å². The summed E-state index contributed by atoms with van der Waals surface area (Å²) in [6.45, 7) is 7.34. The molecule has 1 unspecified atom stereocenters. The van der Waals surface area contributed by atoms with Crippen LogP contribution in [0.25, 0.3) is 0 Å². The fourth-order valence-electron chi connectivity index (χ4n) is 2.31. The minimum Gasteiger partial charge on any atom is -0.384 e. The molecule has 1 atom stereocenters. The molecule has 0 bridgehead atoms. The lowest BCUT2D eigenvalue weighted by Crippen LogP contribution is -2.37. The van der Waals surface area contributed by atoms with Crippen molar-refractivity contribution in [3.05, 3.63) is 0 Å². The van der Waals surface area contributed by atoms with Crippen molar-refractivity contribution in [2.75, 3.05) is 13.7 Å². The van der Waals surface area contributed by atoms with Crippen LogP contribution < -0.4 is 0 Å². The third kappa shape index (κ3) is 2.33. The Morgan fingerprint density at radius 1 is 1.38 bits per heavy atom. The van der Waals surface area contributed by atoms with E-state index < -0.39 is 17.1 Å². The Labute approximate surface area is 96.3 Å². The third-order valence-corrected chi connectivity index (χ3v) is 2.94. The molecular formula is C12H20O4. The first-order valence-electron chi connectivity index (χ1n) is 5.48. The summed E-state index contributed by atoms with van der Waals surface area (Å²) in [7, 11) is 1.54. The largest absolute Gasteiger partial charge is 0.384 e. The standard InChI is InChI=1S/C12H20O4/c1-11(2)9(8(13)6-7-15-5)10(14)12(3,4)16-11/h9H,6-7H2,1-5H3. The predicted molar refractivity (Wildman–Crippen MR) is 59.2 cm³/mol. The number of ketones is 2. The highest BCUT2D eigenvalue weighted by Gasteiger charge is 2.55. The van der Waals surface area contributed by atoms with Crippen LogP contribution in [-0.2, 0) is 19.1 Å². The maximum atomic E-state index is 12.1. The number of carbonyl (C=O) groups is 2. The molecule has 1 rings (SSSR count). The lowest BCUT2D eigenvalue weighted by atomic mass is 9.82. The first-order valence-corrected chi connectivity index (χ1v) is 5.48. The van der Waals surface area contributed by atoms with E-state index in [2.05, 4.69) is 0 Å². The van der Waals surface area contributed by atoms with Crippen LogP contribution in [0.15, 0.2) is 0 Å². The maximum absolute atomic E-state index is 12.1. The SMILES string of the molecule is COCCC(=O)C1C(=O)C(C)(C)OC1(C)C. The molecule has 0 aromatic rings. The van der Waals surface area contributed by atoms with Crippen molar-refractivity contribution < 1.29 is 19.1 Å². The van der Waals surface area contributed by atoms with Crippen LogP contribution in [0.1, 0.15) is 34.1 Å². The van der Waals surface area contributed by atoms with Crippen LogP contribution in [0.2, 0.25) is 0 Å². The third-order valence-electron chi connectivity index (χ3n) is 2.94. The van der Waals surface area contributed by atoms with E-state index in [0.717, 1.165) is 0 Å². The zero-order chi connectivity index (χ0) is 12.6. The molecule has 0 aromatic heterocycles. The molecule has 0 saturated carbocycles. The summed E-state index contributed by atoms with van der Waals surface area (Å²) in [4.78, 5) is 24.0. The van der Waals surface area contributed by atoms with Gasteiger partial charge in [-0.15, -0.1) is 0 Å². The zero-order valence-electron chi connectivity index (χ0n) is 10.6. The van der Waals surface area contributed by atoms with Gasteiger partial charge in [-0.1, -0.05) is 0 Å². The van der Waals surface area contributed by atoms with Crippen molar-refractivity contribution in [2.45, 2.75) is 45.3 Å². The summed E-state index contributed by atoms with van der Waals surface area (Å²) >= 11 is 0. The van der Waals surface area contributed by atoms with Crippen LogP contribution >= 0.6 is 0 Å². The molecule has 1 saturated heterocycles. The number of rotatable bonds is 4. The maximum Gasteiger partial charge on any atom is 0.177 e. The fraction of sp³-hybridized carbons (Fsp3) is 0.833. The summed E-state index contributed by atoms with van der Waals surface area (Å²) in [6, 6.07) is 0. The molecule has 1 aliphatic heterocycles. The van der Waals surface area contributed by atoms with Gasteiger partial charge in [-0.2, -0.15) is 0 Å². The molecular weight excluding hydrogens is 208 g/mol. The molecule has 92 valence electrons. The number of hydrogen-bond donors (Lipinski definition) is 0. The minimum atomic E-state index is -0.864. The summed E-state index contributed by atoms with van der Waals surface area (Å²) in [5, 5.41) is 0. The first-order chi connectivity index (χ1) is 7.22. The molecule has 0 amide bonds. The Hall–Kier alpha value is -0.740. The van der Waals surface area contributed by atoms with Crippen molar-refractivity contribution in [2.24, 2.45) is 5.92 Å². The highest BCUT2D eigenvalue weighted by atomic mass is 16.5. The molecule has 0 spiro atoms. The van der Waals surface area contributed by atoms with Gasteiger partial charge in [-0.3, -0.25) is 9.59 Å². The highest BCUT2D eigenvalue weighted by molar-refractivity contribution is 6.08. The topological polar surface area (TPSA) is 52.6 Å². The van der Waals surface area contributed by atoms with E-state index in [1.807, 2.05) is 0 Å². The molecule has 4 heteroatoms. The van der Waals surface area contributed by atoms with Gasteiger partial charge in [-0.25, -0.2) is 0 Å². The van der Waals surface area contributed by atoms with Gasteiger partial charge in [0.1, 0.15) is 17.3 Å². The Bertz CT molecular complexity index is 304. The Kier molecular flexibility index (Phi) is 3.55. The average Bonchev–Trinajstić information content (AvgIpc) is 2.27. The lowest BCUT2D eigenvalue weighted by Gasteiger charge is -2.24. The van der Waals surface area contributed by atoms with Gasteiger partial charge < -0.3 is 9.47 Å². The van der Waals surface area contributed by atoms with E-state index in [4.69, 9.17) is 9.47 Å². The monoisotopic (exact) mass is 228 g/mol. The van der Waals surface area contributed by atoms with Gasteiger partial charge in [0.25, 0.3) is 0 Å². The van der Waals surface area contributed by atoms with Crippen LogP contribution in [0.3, 0.4) is 0 Å². The fourth-order valence-corrected chi connectivity index (χ4v) is 2.31. The Balaban J connectivity index is 2.86. The van der Waals surface area contributed by atoms with Gasteiger partial charge in [0.15, 0.2) is 5.78 Å². The first kappa shape index (κ1) is 13.3. The van der Waals surface area contributed by atoms with Crippen LogP contribution in [0, 0.1) is 5.92 Å². The van der Waals surface area contributed by atoms with Gasteiger partial charge >= 0.3 is 0 Å². The smallest absolute Gasteiger partial charge is 0.177 e. The molecule has 4 nitrogen and oxygen atoms in total. The quantitative estimate of drug-likeness (QED) is 0.682. The molecule has 1 heterocycles. The molecule has 1 fully saturated rings. The summed E-state index contributed by atoms with van der Waals surface area (Å²) in [5.74, 6) is -0.890. The Morgan fingerprint density at radius 3 is 2.31 bits per heavy atom. The summed E-state index contributed by atoms with van der Waals surface area (Å²) in [5.41, 5.74) is -1.58. The molecule has 0 aliphatic carbocycles. The van der Waals surface area contributed by atoms with Crippen LogP contribution in [0.5, 0.6) is 0 Å². The van der Waals surface area contributed by atoms with Crippen molar-refractivity contribution in [1.29, 1.82) is 0 Å². The number of Topliss-reactive ketones (excluding diaryl/α,β-unsaturated/α-hetero) is 2. The van der Waals surface area contributed by atoms with Gasteiger partial charge in [-0.05, 0) is 27.7 Å². The number of carbonyl (C=O) groups excluding carboxylic acids is 2. The van der Waals surface area contributed by atoms with E-state index >= 15 is 0 Å². The van der Waals surface area contributed by atoms with E-state index in [1.165, 1.54) is 7.11 Å². The van der Waals surface area contributed by atoms with Crippen molar-refractivity contribution in [3.8, 4) is 0 Å². The summed E-state index contributed by atoms with van der Waals surface area (Å²) < 4.78 is 10.5. The second-order valence-corrected chi connectivity index (χ2v) is 5.22. The Morgan fingerprint density at radius 2 is 1.94 bits per heavy atom. The molecule has 1 aliphatic rings. The van der Waals surface area contributed by atoms with Gasteiger partial charge in [0, 0.05) is 13.5 Å². The number of hydrogen-bond acceptors (Lipinski definition) is 4. The van der Waals surface area contributed by atoms with E-state index in [0.29, 0.717) is 6.61 Å². The summed E-state index contributed by atoms with van der Waals surface area (Å²) in [6.07, 6.45) is 0.260. The van der Waals surface area contributed by atoms with Crippen molar-refractivity contribution in [3.63, 3.8) is 0 Å². The van der Waals surface area contributed by atoms with Crippen LogP contribution in [0.4, 0.5) is 0 Å². The van der Waals surface area contributed by atoms with E-state index in [1.54, 1.807) is 27.7 Å². The molecule has 0 N–H and O–H groups in total. The lowest BCUT2D eigenvalue weighted by molar-refractivity contribution is -0.134. The van der Waals surface area contributed by atoms with Crippen molar-refractivity contribution in [1.82, 2.24) is 0 Å². The molecule has 16 heavy (non-hydrogen) atoms. The number of ether oxygens (including phenoxy) is 2. The average molecular weight is 228 g/mol. The molecule has 0 aromatic carbocycles. The predicted octanol–water partition coefficient (Wildman–Crippen LogP) is 1.36. The molecule has 0 radical (unpaired) electrons. The van der Waals surface area contributed by atoms with Crippen molar-refractivity contribution >= 4 is 11.6 Å². The second kappa shape index (κ2) is 4.26. The number of methoxy groups -OCH3 is 1.